The van der Waals surface area contributed by atoms with E-state index in [1.165, 1.54) is 4.90 Å². The highest BCUT2D eigenvalue weighted by atomic mass is 32.2. The number of carbonyl (C=O) groups is 1. The molecule has 1 saturated heterocycles. The third kappa shape index (κ3) is 4.01. The maximum atomic E-state index is 12.8. The number of thioether (sulfide) groups is 1. The average Bonchev–Trinajstić information content (AvgIpc) is 2.69. The first-order valence-corrected chi connectivity index (χ1v) is 7.36. The van der Waals surface area contributed by atoms with E-state index in [0.29, 0.717) is 11.3 Å². The van der Waals surface area contributed by atoms with Crippen molar-refractivity contribution in [3.05, 3.63) is 29.3 Å². The number of rotatable bonds is 5. The molecule has 1 N–H and O–H groups in total. The number of nitrogens with one attached hydrogen (secondary N) is 1. The number of alkyl halides is 2. The van der Waals surface area contributed by atoms with Gasteiger partial charge in [-0.05, 0) is 18.6 Å². The highest BCUT2D eigenvalue weighted by Gasteiger charge is 2.30. The van der Waals surface area contributed by atoms with Crippen molar-refractivity contribution >= 4 is 28.5 Å². The first kappa shape index (κ1) is 15.9. The summed E-state index contributed by atoms with van der Waals surface area (Å²) in [7, 11) is 0. The van der Waals surface area contributed by atoms with E-state index in [1.54, 1.807) is 12.1 Å². The maximum Gasteiger partial charge on any atom is 0.268 e. The minimum atomic E-state index is -2.89. The third-order valence-corrected chi connectivity index (χ3v) is 3.73. The van der Waals surface area contributed by atoms with E-state index in [2.05, 4.69) is 0 Å². The number of benzene rings is 1. The molecule has 114 valence electrons. The molecule has 0 spiro atoms. The molecule has 0 radical (unpaired) electrons. The van der Waals surface area contributed by atoms with Crippen LogP contribution in [0.5, 0.6) is 0 Å². The zero-order valence-electron chi connectivity index (χ0n) is 11.8. The standard InChI is InChI=1S/C14H16F2N2O2S/c1-9-3-4-10(6-20-8-14(2,15)16)11(5-9)18-12(19)7-21-13(18)17/h3-5,17H,6-8H2,1-2H3. The number of amides is 1. The molecule has 0 bridgehead atoms. The lowest BCUT2D eigenvalue weighted by atomic mass is 10.1. The molecule has 4 nitrogen and oxygen atoms in total. The first-order valence-electron chi connectivity index (χ1n) is 6.37. The SMILES string of the molecule is Cc1ccc(COCC(C)(F)F)c(N2C(=N)SCC2=O)c1. The molecule has 1 aliphatic rings. The van der Waals surface area contributed by atoms with Gasteiger partial charge in [-0.1, -0.05) is 23.9 Å². The summed E-state index contributed by atoms with van der Waals surface area (Å²) in [5.41, 5.74) is 2.08. The highest BCUT2D eigenvalue weighted by Crippen LogP contribution is 2.30. The van der Waals surface area contributed by atoms with Crippen LogP contribution >= 0.6 is 11.8 Å². The van der Waals surface area contributed by atoms with Crippen LogP contribution in [0.25, 0.3) is 0 Å². The second-order valence-corrected chi connectivity index (χ2v) is 5.98. The molecular formula is C14H16F2N2O2S. The van der Waals surface area contributed by atoms with Crippen molar-refractivity contribution in [2.24, 2.45) is 0 Å². The topological polar surface area (TPSA) is 53.4 Å². The first-order chi connectivity index (χ1) is 9.78. The van der Waals surface area contributed by atoms with E-state index < -0.39 is 12.5 Å². The van der Waals surface area contributed by atoms with E-state index >= 15 is 0 Å². The molecule has 0 aromatic heterocycles. The molecular weight excluding hydrogens is 298 g/mol. The lowest BCUT2D eigenvalue weighted by molar-refractivity contribution is -0.115. The highest BCUT2D eigenvalue weighted by molar-refractivity contribution is 8.15. The van der Waals surface area contributed by atoms with Crippen LogP contribution in [0.4, 0.5) is 14.5 Å². The van der Waals surface area contributed by atoms with Crippen molar-refractivity contribution in [2.45, 2.75) is 26.4 Å². The second-order valence-electron chi connectivity index (χ2n) is 5.02. The van der Waals surface area contributed by atoms with Crippen molar-refractivity contribution in [1.82, 2.24) is 0 Å². The lowest BCUT2D eigenvalue weighted by Crippen LogP contribution is -2.30. The molecule has 0 unspecified atom stereocenters. The molecule has 1 fully saturated rings. The molecule has 1 aromatic carbocycles. The average molecular weight is 314 g/mol. The van der Waals surface area contributed by atoms with Gasteiger partial charge < -0.3 is 4.74 Å². The van der Waals surface area contributed by atoms with Gasteiger partial charge in [-0.2, -0.15) is 0 Å². The van der Waals surface area contributed by atoms with Gasteiger partial charge in [0.15, 0.2) is 5.17 Å². The zero-order valence-corrected chi connectivity index (χ0v) is 12.6. The fourth-order valence-electron chi connectivity index (χ4n) is 1.96. The Morgan fingerprint density at radius 2 is 2.19 bits per heavy atom. The predicted molar refractivity (Wildman–Crippen MR) is 79.1 cm³/mol. The summed E-state index contributed by atoms with van der Waals surface area (Å²) in [5, 5.41) is 7.97. The largest absolute Gasteiger partial charge is 0.370 e. The Hall–Kier alpha value is -1.47. The quantitative estimate of drug-likeness (QED) is 0.908. The van der Waals surface area contributed by atoms with Crippen LogP contribution in [0, 0.1) is 12.3 Å². The van der Waals surface area contributed by atoms with E-state index in [1.807, 2.05) is 13.0 Å². The summed E-state index contributed by atoms with van der Waals surface area (Å²) in [5.74, 6) is -2.85. The predicted octanol–water partition coefficient (Wildman–Crippen LogP) is 3.18. The molecule has 1 heterocycles. The number of aryl methyl sites for hydroxylation is 1. The van der Waals surface area contributed by atoms with Crippen molar-refractivity contribution in [3.63, 3.8) is 0 Å². The van der Waals surface area contributed by atoms with Gasteiger partial charge in [0.2, 0.25) is 5.91 Å². The van der Waals surface area contributed by atoms with Crippen molar-refractivity contribution in [1.29, 1.82) is 5.41 Å². The number of carbonyl (C=O) groups excluding carboxylic acids is 1. The summed E-state index contributed by atoms with van der Waals surface area (Å²) in [4.78, 5) is 13.2. The fourth-order valence-corrected chi connectivity index (χ4v) is 2.68. The van der Waals surface area contributed by atoms with Gasteiger partial charge in [-0.3, -0.25) is 15.1 Å². The summed E-state index contributed by atoms with van der Waals surface area (Å²) in [6, 6.07) is 5.33. The molecule has 0 aliphatic carbocycles. The molecule has 2 rings (SSSR count). The summed E-state index contributed by atoms with van der Waals surface area (Å²) in [6.45, 7) is 1.95. The number of anilines is 1. The molecule has 0 atom stereocenters. The Bertz CT molecular complexity index is 557. The van der Waals surface area contributed by atoms with Crippen LogP contribution < -0.4 is 4.90 Å². The number of amidine groups is 1. The monoisotopic (exact) mass is 314 g/mol. The van der Waals surface area contributed by atoms with Crippen LogP contribution in [0.2, 0.25) is 0 Å². The van der Waals surface area contributed by atoms with Crippen LogP contribution in [0.1, 0.15) is 18.1 Å². The Balaban J connectivity index is 2.22. The maximum absolute atomic E-state index is 12.8. The fraction of sp³-hybridized carbons (Fsp3) is 0.429. The van der Waals surface area contributed by atoms with Gasteiger partial charge in [0.25, 0.3) is 5.92 Å². The van der Waals surface area contributed by atoms with E-state index in [9.17, 15) is 13.6 Å². The zero-order chi connectivity index (χ0) is 15.6. The van der Waals surface area contributed by atoms with Gasteiger partial charge in [-0.15, -0.1) is 0 Å². The summed E-state index contributed by atoms with van der Waals surface area (Å²) < 4.78 is 30.6. The Kier molecular flexibility index (Phi) is 4.63. The number of halogens is 2. The summed E-state index contributed by atoms with van der Waals surface area (Å²) in [6.07, 6.45) is 0. The minimum absolute atomic E-state index is 0.0270. The minimum Gasteiger partial charge on any atom is -0.370 e. The molecule has 1 aliphatic heterocycles. The molecule has 0 saturated carbocycles. The summed E-state index contributed by atoms with van der Waals surface area (Å²) >= 11 is 1.15. The normalized spacial score (nSPS) is 15.9. The molecule has 7 heteroatoms. The number of ether oxygens (including phenoxy) is 1. The Labute approximate surface area is 126 Å². The van der Waals surface area contributed by atoms with Gasteiger partial charge in [0, 0.05) is 12.5 Å². The molecule has 1 aromatic rings. The number of hydrogen-bond acceptors (Lipinski definition) is 4. The van der Waals surface area contributed by atoms with E-state index in [0.717, 1.165) is 24.2 Å². The van der Waals surface area contributed by atoms with Gasteiger partial charge in [0.05, 0.1) is 18.0 Å². The Morgan fingerprint density at radius 3 is 2.76 bits per heavy atom. The van der Waals surface area contributed by atoms with Crippen molar-refractivity contribution < 1.29 is 18.3 Å². The second kappa shape index (κ2) is 6.11. The van der Waals surface area contributed by atoms with Crippen LogP contribution in [0.15, 0.2) is 18.2 Å². The van der Waals surface area contributed by atoms with E-state index in [-0.39, 0.29) is 23.4 Å². The number of nitrogens with zero attached hydrogens (tertiary/aromatic N) is 1. The van der Waals surface area contributed by atoms with Crippen LogP contribution in [0.3, 0.4) is 0 Å². The number of hydrogen-bond donors (Lipinski definition) is 1. The smallest absolute Gasteiger partial charge is 0.268 e. The van der Waals surface area contributed by atoms with Gasteiger partial charge in [0.1, 0.15) is 6.61 Å². The lowest BCUT2D eigenvalue weighted by Gasteiger charge is -2.20. The van der Waals surface area contributed by atoms with Gasteiger partial charge in [-0.25, -0.2) is 8.78 Å². The molecule has 1 amide bonds. The third-order valence-electron chi connectivity index (χ3n) is 2.88. The van der Waals surface area contributed by atoms with Gasteiger partial charge >= 0.3 is 0 Å². The van der Waals surface area contributed by atoms with Crippen molar-refractivity contribution in [2.75, 3.05) is 17.3 Å². The van der Waals surface area contributed by atoms with E-state index in [4.69, 9.17) is 10.1 Å². The molecule has 21 heavy (non-hydrogen) atoms. The van der Waals surface area contributed by atoms with Crippen LogP contribution in [-0.4, -0.2) is 29.4 Å². The Morgan fingerprint density at radius 1 is 1.48 bits per heavy atom. The van der Waals surface area contributed by atoms with Crippen LogP contribution in [-0.2, 0) is 16.1 Å². The van der Waals surface area contributed by atoms with Crippen molar-refractivity contribution in [3.8, 4) is 0 Å².